The third-order valence-electron chi connectivity index (χ3n) is 5.11. The van der Waals surface area contributed by atoms with Gasteiger partial charge in [0.25, 0.3) is 0 Å². The SMILES string of the molecule is Clc1ccc2c(c1)N1CCCC1(c1ccccc1)n1nccc1-2. The van der Waals surface area contributed by atoms with E-state index >= 15 is 0 Å². The van der Waals surface area contributed by atoms with Gasteiger partial charge in [-0.15, -0.1) is 0 Å². The topological polar surface area (TPSA) is 21.1 Å². The first-order valence-corrected chi connectivity index (χ1v) is 8.36. The Bertz CT molecular complexity index is 887. The third kappa shape index (κ3) is 1.63. The molecule has 1 fully saturated rings. The molecule has 0 aliphatic carbocycles. The van der Waals surface area contributed by atoms with Gasteiger partial charge in [0.05, 0.1) is 5.69 Å². The zero-order valence-electron chi connectivity index (χ0n) is 12.6. The van der Waals surface area contributed by atoms with Gasteiger partial charge in [0, 0.05) is 29.0 Å². The highest BCUT2D eigenvalue weighted by atomic mass is 35.5. The Morgan fingerprint density at radius 2 is 1.91 bits per heavy atom. The summed E-state index contributed by atoms with van der Waals surface area (Å²) in [5.41, 5.74) is 4.64. The first-order valence-electron chi connectivity index (χ1n) is 7.98. The van der Waals surface area contributed by atoms with Gasteiger partial charge in [0.15, 0.2) is 5.66 Å². The summed E-state index contributed by atoms with van der Waals surface area (Å²) in [6, 6.07) is 19.0. The Labute approximate surface area is 140 Å². The van der Waals surface area contributed by atoms with Gasteiger partial charge in [-0.05, 0) is 42.7 Å². The Morgan fingerprint density at radius 1 is 1.04 bits per heavy atom. The summed E-state index contributed by atoms with van der Waals surface area (Å²) in [5, 5.41) is 5.49. The van der Waals surface area contributed by atoms with Crippen molar-refractivity contribution in [3.63, 3.8) is 0 Å². The number of hydrogen-bond acceptors (Lipinski definition) is 2. The minimum Gasteiger partial charge on any atom is -0.343 e. The molecule has 5 rings (SSSR count). The molecule has 3 heterocycles. The fourth-order valence-electron chi connectivity index (χ4n) is 4.22. The van der Waals surface area contributed by atoms with Gasteiger partial charge in [-0.2, -0.15) is 5.10 Å². The zero-order chi connectivity index (χ0) is 15.4. The minimum atomic E-state index is -0.238. The summed E-state index contributed by atoms with van der Waals surface area (Å²) in [6.45, 7) is 1.02. The maximum atomic E-state index is 6.31. The molecular weight excluding hydrogens is 306 g/mol. The van der Waals surface area contributed by atoms with Gasteiger partial charge in [0.1, 0.15) is 0 Å². The van der Waals surface area contributed by atoms with Crippen molar-refractivity contribution in [2.75, 3.05) is 11.4 Å². The molecule has 0 bridgehead atoms. The largest absolute Gasteiger partial charge is 0.343 e. The van der Waals surface area contributed by atoms with Gasteiger partial charge in [-0.1, -0.05) is 41.9 Å². The number of fused-ring (bicyclic) bond motifs is 6. The highest BCUT2D eigenvalue weighted by Crippen LogP contribution is 2.51. The molecule has 114 valence electrons. The van der Waals surface area contributed by atoms with Gasteiger partial charge < -0.3 is 4.90 Å². The molecule has 0 saturated carbocycles. The Hall–Kier alpha value is -2.26. The normalized spacial score (nSPS) is 21.7. The van der Waals surface area contributed by atoms with E-state index in [-0.39, 0.29) is 5.66 Å². The van der Waals surface area contributed by atoms with Crippen LogP contribution in [-0.4, -0.2) is 16.3 Å². The summed E-state index contributed by atoms with van der Waals surface area (Å²) >= 11 is 6.31. The van der Waals surface area contributed by atoms with Crippen LogP contribution in [0.15, 0.2) is 60.8 Å². The molecule has 1 saturated heterocycles. The molecule has 1 unspecified atom stereocenters. The van der Waals surface area contributed by atoms with Gasteiger partial charge in [-0.25, -0.2) is 4.68 Å². The summed E-state index contributed by atoms with van der Waals surface area (Å²) in [7, 11) is 0. The lowest BCUT2D eigenvalue weighted by Gasteiger charge is -2.45. The van der Waals surface area contributed by atoms with Crippen LogP contribution in [0.2, 0.25) is 5.02 Å². The summed E-state index contributed by atoms with van der Waals surface area (Å²) < 4.78 is 2.20. The number of benzene rings is 2. The molecule has 4 heteroatoms. The highest BCUT2D eigenvalue weighted by Gasteiger charge is 2.49. The van der Waals surface area contributed by atoms with E-state index in [1.807, 2.05) is 12.3 Å². The smallest absolute Gasteiger partial charge is 0.160 e. The molecule has 0 amide bonds. The van der Waals surface area contributed by atoms with Crippen molar-refractivity contribution in [3.05, 3.63) is 71.4 Å². The van der Waals surface area contributed by atoms with Crippen LogP contribution in [0.5, 0.6) is 0 Å². The van der Waals surface area contributed by atoms with Crippen LogP contribution in [0.1, 0.15) is 18.4 Å². The number of aromatic nitrogens is 2. The fourth-order valence-corrected chi connectivity index (χ4v) is 4.38. The van der Waals surface area contributed by atoms with Crippen LogP contribution < -0.4 is 4.90 Å². The average molecular weight is 322 g/mol. The van der Waals surface area contributed by atoms with E-state index in [0.717, 1.165) is 24.4 Å². The van der Waals surface area contributed by atoms with Crippen molar-refractivity contribution in [1.82, 2.24) is 9.78 Å². The maximum Gasteiger partial charge on any atom is 0.160 e. The van der Waals surface area contributed by atoms with Crippen molar-refractivity contribution >= 4 is 17.3 Å². The Kier molecular flexibility index (Phi) is 2.65. The Balaban J connectivity index is 1.86. The fraction of sp³-hybridized carbons (Fsp3) is 0.211. The minimum absolute atomic E-state index is 0.238. The molecule has 0 N–H and O–H groups in total. The summed E-state index contributed by atoms with van der Waals surface area (Å²) in [6.07, 6.45) is 4.10. The van der Waals surface area contributed by atoms with E-state index < -0.39 is 0 Å². The monoisotopic (exact) mass is 321 g/mol. The van der Waals surface area contributed by atoms with Crippen molar-refractivity contribution in [3.8, 4) is 11.3 Å². The first-order chi connectivity index (χ1) is 11.3. The maximum absolute atomic E-state index is 6.31. The van der Waals surface area contributed by atoms with Crippen molar-refractivity contribution in [1.29, 1.82) is 0 Å². The standard InChI is InChI=1S/C19H16ClN3/c20-15-7-8-16-17-9-11-21-23(17)19(14-5-2-1-3-6-14)10-4-12-22(19)18(16)13-15/h1-3,5-9,11,13H,4,10,12H2. The predicted octanol–water partition coefficient (Wildman–Crippen LogP) is 4.52. The number of nitrogens with zero attached hydrogens (tertiary/aromatic N) is 3. The molecule has 3 nitrogen and oxygen atoms in total. The molecule has 2 aromatic carbocycles. The van der Waals surface area contributed by atoms with Gasteiger partial charge in [-0.3, -0.25) is 0 Å². The molecule has 2 aliphatic heterocycles. The Morgan fingerprint density at radius 3 is 2.78 bits per heavy atom. The lowest BCUT2D eigenvalue weighted by atomic mass is 9.92. The van der Waals surface area contributed by atoms with E-state index in [9.17, 15) is 0 Å². The number of anilines is 1. The van der Waals surface area contributed by atoms with Crippen molar-refractivity contribution < 1.29 is 0 Å². The number of halogens is 1. The molecule has 3 aromatic rings. The third-order valence-corrected chi connectivity index (χ3v) is 5.34. The highest BCUT2D eigenvalue weighted by molar-refractivity contribution is 6.31. The molecule has 1 atom stereocenters. The van der Waals surface area contributed by atoms with Crippen LogP contribution in [0.3, 0.4) is 0 Å². The van der Waals surface area contributed by atoms with Crippen molar-refractivity contribution in [2.45, 2.75) is 18.5 Å². The molecular formula is C19H16ClN3. The molecule has 23 heavy (non-hydrogen) atoms. The molecule has 0 radical (unpaired) electrons. The van der Waals surface area contributed by atoms with E-state index in [1.165, 1.54) is 22.5 Å². The van der Waals surface area contributed by atoms with Crippen LogP contribution in [0.4, 0.5) is 5.69 Å². The summed E-state index contributed by atoms with van der Waals surface area (Å²) in [5.74, 6) is 0. The number of hydrogen-bond donors (Lipinski definition) is 0. The molecule has 2 aliphatic rings. The average Bonchev–Trinajstić information content (AvgIpc) is 3.23. The quantitative estimate of drug-likeness (QED) is 0.657. The van der Waals surface area contributed by atoms with E-state index in [1.54, 1.807) is 0 Å². The second-order valence-corrected chi connectivity index (χ2v) is 6.66. The van der Waals surface area contributed by atoms with Gasteiger partial charge in [0.2, 0.25) is 0 Å². The van der Waals surface area contributed by atoms with Gasteiger partial charge >= 0.3 is 0 Å². The first kappa shape index (κ1) is 13.2. The van der Waals surface area contributed by atoms with Crippen LogP contribution in [0.25, 0.3) is 11.3 Å². The number of rotatable bonds is 1. The molecule has 1 aromatic heterocycles. The lowest BCUT2D eigenvalue weighted by molar-refractivity contribution is 0.330. The second kappa shape index (κ2) is 4.62. The zero-order valence-corrected chi connectivity index (χ0v) is 13.4. The van der Waals surface area contributed by atoms with Crippen LogP contribution in [-0.2, 0) is 5.66 Å². The van der Waals surface area contributed by atoms with Crippen molar-refractivity contribution in [2.24, 2.45) is 0 Å². The predicted molar refractivity (Wildman–Crippen MR) is 92.8 cm³/mol. The van der Waals surface area contributed by atoms with E-state index in [4.69, 9.17) is 16.7 Å². The van der Waals surface area contributed by atoms with Crippen LogP contribution in [0, 0.1) is 0 Å². The van der Waals surface area contributed by atoms with E-state index in [0.29, 0.717) is 0 Å². The lowest BCUT2D eigenvalue weighted by Crippen LogP contribution is -2.50. The van der Waals surface area contributed by atoms with Crippen LogP contribution >= 0.6 is 11.6 Å². The second-order valence-electron chi connectivity index (χ2n) is 6.23. The summed E-state index contributed by atoms with van der Waals surface area (Å²) in [4.78, 5) is 2.48. The van der Waals surface area contributed by atoms with E-state index in [2.05, 4.69) is 58.1 Å². The molecule has 0 spiro atoms.